The maximum atomic E-state index is 15.0. The first-order chi connectivity index (χ1) is 21.2. The van der Waals surface area contributed by atoms with Crippen LogP contribution in [0.25, 0.3) is 0 Å². The molecule has 3 aromatic carbocycles. The Morgan fingerprint density at radius 2 is 1.75 bits per heavy atom. The summed E-state index contributed by atoms with van der Waals surface area (Å²) in [5.41, 5.74) is 3.08. The first-order valence-corrected chi connectivity index (χ1v) is 16.0. The van der Waals surface area contributed by atoms with Gasteiger partial charge in [-0.25, -0.2) is 8.78 Å². The van der Waals surface area contributed by atoms with Crippen molar-refractivity contribution < 1.29 is 37.7 Å². The van der Waals surface area contributed by atoms with Gasteiger partial charge in [-0.1, -0.05) is 26.0 Å². The van der Waals surface area contributed by atoms with Gasteiger partial charge in [0, 0.05) is 29.9 Å². The lowest BCUT2D eigenvalue weighted by atomic mass is 9.82. The number of carboxylic acids is 1. The van der Waals surface area contributed by atoms with Crippen LogP contribution in [0.1, 0.15) is 48.1 Å². The number of hydrogen-bond donors (Lipinski definition) is 2. The van der Waals surface area contributed by atoms with Crippen LogP contribution in [0.2, 0.25) is 0 Å². The van der Waals surface area contributed by atoms with Crippen LogP contribution in [0.4, 0.5) is 14.5 Å². The molecule has 44 heavy (non-hydrogen) atoms. The monoisotopic (exact) mass is 626 g/mol. The Kier molecular flexibility index (Phi) is 9.95. The van der Waals surface area contributed by atoms with Gasteiger partial charge in [0.1, 0.15) is 11.6 Å². The third-order valence-corrected chi connectivity index (χ3v) is 8.75. The summed E-state index contributed by atoms with van der Waals surface area (Å²) < 4.78 is 45.6. The van der Waals surface area contributed by atoms with E-state index in [4.69, 9.17) is 14.2 Å². The smallest absolute Gasteiger partial charge is 0.309 e. The summed E-state index contributed by atoms with van der Waals surface area (Å²) in [6.07, 6.45) is 3.04. The molecule has 11 heteroatoms. The highest BCUT2D eigenvalue weighted by atomic mass is 32.2. The number of hydrogen-bond acceptors (Lipinski definition) is 7. The van der Waals surface area contributed by atoms with Crippen molar-refractivity contribution in [1.29, 1.82) is 0 Å². The molecule has 234 valence electrons. The summed E-state index contributed by atoms with van der Waals surface area (Å²) in [4.78, 5) is 28.3. The lowest BCUT2D eigenvalue weighted by Gasteiger charge is -2.27. The van der Waals surface area contributed by atoms with Crippen molar-refractivity contribution in [3.63, 3.8) is 0 Å². The van der Waals surface area contributed by atoms with Gasteiger partial charge < -0.3 is 24.6 Å². The number of ether oxygens (including phenoxy) is 3. The number of anilines is 1. The Labute approximate surface area is 259 Å². The molecule has 0 saturated carbocycles. The van der Waals surface area contributed by atoms with Crippen molar-refractivity contribution in [3.8, 4) is 17.2 Å². The number of aryl methyl sites for hydroxylation is 2. The van der Waals surface area contributed by atoms with Crippen LogP contribution >= 0.6 is 11.8 Å². The summed E-state index contributed by atoms with van der Waals surface area (Å²) in [6.45, 7) is 4.24. The molecule has 2 heterocycles. The van der Waals surface area contributed by atoms with Crippen molar-refractivity contribution in [3.05, 3.63) is 82.4 Å². The molecule has 8 nitrogen and oxygen atoms in total. The highest BCUT2D eigenvalue weighted by Crippen LogP contribution is 2.48. The zero-order valence-corrected chi connectivity index (χ0v) is 25.7. The Balaban J connectivity index is 1.48. The molecule has 5 rings (SSSR count). The molecule has 1 fully saturated rings. The van der Waals surface area contributed by atoms with Crippen molar-refractivity contribution in [2.75, 3.05) is 43.8 Å². The number of likely N-dealkylation sites (tertiary alicyclic amines) is 1. The minimum Gasteiger partial charge on any atom is -0.493 e. The van der Waals surface area contributed by atoms with Gasteiger partial charge in [0.05, 0.1) is 19.1 Å². The predicted octanol–water partition coefficient (Wildman–Crippen LogP) is 6.04. The molecular formula is C33H36F2N2O6S. The van der Waals surface area contributed by atoms with Crippen LogP contribution in [0.15, 0.2) is 48.5 Å². The van der Waals surface area contributed by atoms with Crippen LogP contribution < -0.4 is 19.5 Å². The molecule has 1 saturated heterocycles. The number of nitrogens with one attached hydrogen (secondary N) is 1. The second-order valence-corrected chi connectivity index (χ2v) is 11.8. The first kappa shape index (κ1) is 31.6. The minimum absolute atomic E-state index is 0.00113. The summed E-state index contributed by atoms with van der Waals surface area (Å²) in [5.74, 6) is -2.37. The second kappa shape index (κ2) is 13.9. The number of halogens is 2. The van der Waals surface area contributed by atoms with Gasteiger partial charge in [-0.3, -0.25) is 14.5 Å². The standard InChI is InChI=1S/C33H36F2N2O6S/c1-4-19-12-23(34)13-20(5-2)30(19)36-28(38)17-37-16-25(22-14-26(35)32-27(15-22)42-18-43-32)29(33(39)40)31(37)21-6-8-24(9-7-21)41-10-11-44-3/h6-9,12-15,25,29,31H,4-5,10-11,16-18H2,1-3H3,(H,36,38)(H,39,40)/t25-,29-,31+/m1/s1. The molecule has 3 aromatic rings. The van der Waals surface area contributed by atoms with E-state index in [0.29, 0.717) is 53.1 Å². The van der Waals surface area contributed by atoms with E-state index in [2.05, 4.69) is 5.32 Å². The molecule has 2 aliphatic rings. The van der Waals surface area contributed by atoms with Crippen LogP contribution in [-0.4, -0.2) is 60.4 Å². The number of benzene rings is 3. The van der Waals surface area contributed by atoms with E-state index in [-0.39, 0.29) is 43.1 Å². The van der Waals surface area contributed by atoms with Gasteiger partial charge in [-0.05, 0) is 77.7 Å². The van der Waals surface area contributed by atoms with E-state index in [1.807, 2.05) is 37.1 Å². The molecule has 0 unspecified atom stereocenters. The second-order valence-electron chi connectivity index (χ2n) is 10.8. The van der Waals surface area contributed by atoms with Crippen molar-refractivity contribution in [2.24, 2.45) is 5.92 Å². The predicted molar refractivity (Wildman–Crippen MR) is 165 cm³/mol. The van der Waals surface area contributed by atoms with Crippen LogP contribution in [0.5, 0.6) is 17.2 Å². The Hall–Kier alpha value is -3.83. The van der Waals surface area contributed by atoms with E-state index in [1.165, 1.54) is 18.2 Å². The SMILES string of the molecule is CCc1cc(F)cc(CC)c1NC(=O)CN1C[C@H](c2cc(F)c3c(c2)OCO3)[C@@H](C(=O)O)[C@@H]1c1ccc(OCCSC)cc1. The van der Waals surface area contributed by atoms with E-state index in [0.717, 1.165) is 5.75 Å². The van der Waals surface area contributed by atoms with E-state index in [1.54, 1.807) is 30.0 Å². The average molecular weight is 627 g/mol. The van der Waals surface area contributed by atoms with Crippen molar-refractivity contribution in [2.45, 2.75) is 38.6 Å². The van der Waals surface area contributed by atoms with Crippen molar-refractivity contribution >= 4 is 29.3 Å². The maximum Gasteiger partial charge on any atom is 0.309 e. The van der Waals surface area contributed by atoms with Gasteiger partial charge in [-0.15, -0.1) is 0 Å². The van der Waals surface area contributed by atoms with Gasteiger partial charge in [-0.2, -0.15) is 11.8 Å². The van der Waals surface area contributed by atoms with Crippen LogP contribution in [0.3, 0.4) is 0 Å². The Bertz CT molecular complexity index is 1490. The molecular weight excluding hydrogens is 590 g/mol. The molecule has 2 N–H and O–H groups in total. The fourth-order valence-electron chi connectivity index (χ4n) is 6.14. The molecule has 0 aliphatic carbocycles. The fraction of sp³-hybridized carbons (Fsp3) is 0.394. The van der Waals surface area contributed by atoms with E-state index >= 15 is 0 Å². The zero-order valence-electron chi connectivity index (χ0n) is 24.9. The summed E-state index contributed by atoms with van der Waals surface area (Å²) >= 11 is 1.67. The highest BCUT2D eigenvalue weighted by Gasteiger charge is 2.48. The highest BCUT2D eigenvalue weighted by molar-refractivity contribution is 7.98. The minimum atomic E-state index is -1.07. The van der Waals surface area contributed by atoms with Gasteiger partial charge in [0.25, 0.3) is 0 Å². The molecule has 1 amide bonds. The largest absolute Gasteiger partial charge is 0.493 e. The van der Waals surface area contributed by atoms with Crippen molar-refractivity contribution in [1.82, 2.24) is 4.90 Å². The summed E-state index contributed by atoms with van der Waals surface area (Å²) in [6, 6.07) is 12.2. The normalized spacial score (nSPS) is 19.2. The maximum absolute atomic E-state index is 15.0. The van der Waals surface area contributed by atoms with Crippen LogP contribution in [-0.2, 0) is 22.4 Å². The van der Waals surface area contributed by atoms with E-state index < -0.39 is 29.7 Å². The number of carbonyl (C=O) groups is 2. The number of carboxylic acid groups (broad SMARTS) is 1. The van der Waals surface area contributed by atoms with Crippen LogP contribution in [0, 0.1) is 17.6 Å². The quantitative estimate of drug-likeness (QED) is 0.235. The topological polar surface area (TPSA) is 97.3 Å². The number of rotatable bonds is 12. The van der Waals surface area contributed by atoms with Gasteiger partial charge >= 0.3 is 5.97 Å². The molecule has 3 atom stereocenters. The number of thioether (sulfide) groups is 1. The number of fused-ring (bicyclic) bond motifs is 1. The Morgan fingerprint density at radius 1 is 1.05 bits per heavy atom. The molecule has 0 radical (unpaired) electrons. The van der Waals surface area contributed by atoms with Gasteiger partial charge in [0.2, 0.25) is 18.4 Å². The average Bonchev–Trinajstić information content (AvgIpc) is 3.64. The Morgan fingerprint density at radius 3 is 2.39 bits per heavy atom. The lowest BCUT2D eigenvalue weighted by molar-refractivity contribution is -0.143. The molecule has 0 aromatic heterocycles. The molecule has 0 spiro atoms. The first-order valence-electron chi connectivity index (χ1n) is 14.6. The summed E-state index contributed by atoms with van der Waals surface area (Å²) in [5, 5.41) is 13.5. The number of nitrogens with zero attached hydrogens (tertiary/aromatic N) is 1. The fourth-order valence-corrected chi connectivity index (χ4v) is 6.39. The number of amides is 1. The lowest BCUT2D eigenvalue weighted by Crippen LogP contribution is -2.35. The number of carbonyl (C=O) groups excluding carboxylic acids is 1. The van der Waals surface area contributed by atoms with E-state index in [9.17, 15) is 23.5 Å². The zero-order chi connectivity index (χ0) is 31.4. The molecule has 2 aliphatic heterocycles. The third-order valence-electron chi connectivity index (χ3n) is 8.18. The molecule has 0 bridgehead atoms. The summed E-state index contributed by atoms with van der Waals surface area (Å²) in [7, 11) is 0. The number of aliphatic carboxylic acids is 1. The van der Waals surface area contributed by atoms with Gasteiger partial charge in [0.15, 0.2) is 11.6 Å². The third kappa shape index (κ3) is 6.63.